The lowest BCUT2D eigenvalue weighted by atomic mass is 10.3. The Labute approximate surface area is 97.7 Å². The van der Waals surface area contributed by atoms with Gasteiger partial charge in [0.05, 0.1) is 11.6 Å². The zero-order valence-corrected chi connectivity index (χ0v) is 9.35. The molecule has 3 nitrogen and oxygen atoms in total. The van der Waals surface area contributed by atoms with Gasteiger partial charge >= 0.3 is 0 Å². The van der Waals surface area contributed by atoms with Gasteiger partial charge in [0, 0.05) is 0 Å². The van der Waals surface area contributed by atoms with E-state index >= 15 is 0 Å². The Bertz CT molecular complexity index is 367. The fourth-order valence-corrected chi connectivity index (χ4v) is 1.75. The first-order chi connectivity index (χ1) is 7.09. The summed E-state index contributed by atoms with van der Waals surface area (Å²) in [4.78, 5) is 11.5. The molecule has 0 bridgehead atoms. The van der Waals surface area contributed by atoms with E-state index in [0.29, 0.717) is 6.42 Å². The third kappa shape index (κ3) is 2.55. The lowest BCUT2D eigenvalue weighted by molar-refractivity contribution is -0.121. The molecule has 2 N–H and O–H groups in total. The molecule has 0 unspecified atom stereocenters. The first kappa shape index (κ1) is 10.6. The van der Waals surface area contributed by atoms with Crippen LogP contribution in [0.15, 0.2) is 30.3 Å². The van der Waals surface area contributed by atoms with Crippen LogP contribution >= 0.6 is 23.2 Å². The second-order valence-corrected chi connectivity index (χ2v) is 5.04. The van der Waals surface area contributed by atoms with Crippen molar-refractivity contribution < 1.29 is 4.79 Å². The molecular formula is C10H10Cl2N2O. The van der Waals surface area contributed by atoms with E-state index in [1.54, 1.807) is 0 Å². The summed E-state index contributed by atoms with van der Waals surface area (Å²) in [5.41, 5.74) is 6.17. The van der Waals surface area contributed by atoms with Gasteiger partial charge in [-0.25, -0.2) is 0 Å². The Kier molecular flexibility index (Phi) is 2.76. The molecule has 0 aromatic heterocycles. The van der Waals surface area contributed by atoms with E-state index in [9.17, 15) is 4.79 Å². The van der Waals surface area contributed by atoms with Crippen molar-refractivity contribution in [3.8, 4) is 0 Å². The monoisotopic (exact) mass is 244 g/mol. The zero-order chi connectivity index (χ0) is 10.9. The average Bonchev–Trinajstić information content (AvgIpc) is 2.86. The lowest BCUT2D eigenvalue weighted by Gasteiger charge is -2.07. The molecule has 1 aliphatic rings. The molecule has 1 fully saturated rings. The number of hydrogen-bond donors (Lipinski definition) is 2. The van der Waals surface area contributed by atoms with Crippen LogP contribution < -0.4 is 10.9 Å². The maximum absolute atomic E-state index is 11.5. The van der Waals surface area contributed by atoms with Crippen molar-refractivity contribution >= 4 is 34.8 Å². The van der Waals surface area contributed by atoms with Crippen molar-refractivity contribution in [1.29, 1.82) is 0 Å². The van der Waals surface area contributed by atoms with E-state index in [4.69, 9.17) is 23.2 Å². The van der Waals surface area contributed by atoms with E-state index in [0.717, 1.165) is 5.69 Å². The smallest absolute Gasteiger partial charge is 0.244 e. The summed E-state index contributed by atoms with van der Waals surface area (Å²) in [5.74, 6) is -0.485. The molecule has 1 aromatic rings. The summed E-state index contributed by atoms with van der Waals surface area (Å²) in [6.45, 7) is 0. The summed E-state index contributed by atoms with van der Waals surface area (Å²) in [5, 5.41) is 0. The Morgan fingerprint density at radius 3 is 2.47 bits per heavy atom. The number of rotatable bonds is 3. The minimum absolute atomic E-state index is 0.177. The van der Waals surface area contributed by atoms with Gasteiger partial charge in [0.15, 0.2) is 0 Å². The van der Waals surface area contributed by atoms with Crippen molar-refractivity contribution in [3.63, 3.8) is 0 Å². The van der Waals surface area contributed by atoms with E-state index in [-0.39, 0.29) is 11.8 Å². The minimum Gasteiger partial charge on any atom is -0.299 e. The van der Waals surface area contributed by atoms with Gasteiger partial charge in [0.25, 0.3) is 0 Å². The summed E-state index contributed by atoms with van der Waals surface area (Å²) in [6.07, 6.45) is 0.512. The quantitative estimate of drug-likeness (QED) is 0.633. The number of benzene rings is 1. The predicted octanol–water partition coefficient (Wildman–Crippen LogP) is 2.32. The first-order valence-electron chi connectivity index (χ1n) is 4.58. The standard InChI is InChI=1S/C10H10Cl2N2O/c11-10(12)6-8(10)9(15)14-13-7-4-2-1-3-5-7/h1-5,8,13H,6H2,(H,14,15)/t8-/m1/s1. The molecule has 0 saturated heterocycles. The van der Waals surface area contributed by atoms with E-state index < -0.39 is 4.33 Å². The fourth-order valence-electron chi connectivity index (χ4n) is 1.24. The van der Waals surface area contributed by atoms with Crippen molar-refractivity contribution in [2.45, 2.75) is 10.8 Å². The molecule has 0 spiro atoms. The maximum atomic E-state index is 11.5. The largest absolute Gasteiger partial charge is 0.299 e. The van der Waals surface area contributed by atoms with Gasteiger partial charge in [0.1, 0.15) is 4.33 Å². The number of anilines is 1. The topological polar surface area (TPSA) is 41.1 Å². The molecule has 1 amide bonds. The Hall–Kier alpha value is -0.930. The molecule has 1 aromatic carbocycles. The molecule has 2 rings (SSSR count). The number of carbonyl (C=O) groups is 1. The van der Waals surface area contributed by atoms with Gasteiger partial charge in [-0.15, -0.1) is 23.2 Å². The summed E-state index contributed by atoms with van der Waals surface area (Å²) < 4.78 is -0.873. The van der Waals surface area contributed by atoms with Crippen LogP contribution in [-0.2, 0) is 4.79 Å². The van der Waals surface area contributed by atoms with Crippen LogP contribution in [0.4, 0.5) is 5.69 Å². The maximum Gasteiger partial charge on any atom is 0.244 e. The van der Waals surface area contributed by atoms with Gasteiger partial charge < -0.3 is 0 Å². The van der Waals surface area contributed by atoms with Gasteiger partial charge in [-0.2, -0.15) is 0 Å². The van der Waals surface area contributed by atoms with E-state index in [1.165, 1.54) is 0 Å². The number of carbonyl (C=O) groups excluding carboxylic acids is 1. The fraction of sp³-hybridized carbons (Fsp3) is 0.300. The molecule has 0 heterocycles. The summed E-state index contributed by atoms with van der Waals surface area (Å²) in [7, 11) is 0. The number of nitrogens with one attached hydrogen (secondary N) is 2. The highest BCUT2D eigenvalue weighted by molar-refractivity contribution is 6.52. The molecule has 1 aliphatic carbocycles. The first-order valence-corrected chi connectivity index (χ1v) is 5.34. The lowest BCUT2D eigenvalue weighted by Crippen LogP contribution is -2.31. The van der Waals surface area contributed by atoms with Crippen LogP contribution in [0.2, 0.25) is 0 Å². The third-order valence-corrected chi connectivity index (χ3v) is 3.08. The van der Waals surface area contributed by atoms with Crippen molar-refractivity contribution in [1.82, 2.24) is 5.43 Å². The number of hydrogen-bond acceptors (Lipinski definition) is 2. The zero-order valence-electron chi connectivity index (χ0n) is 7.84. The van der Waals surface area contributed by atoms with Gasteiger partial charge in [0.2, 0.25) is 5.91 Å². The minimum atomic E-state index is -0.873. The third-order valence-electron chi connectivity index (χ3n) is 2.25. The predicted molar refractivity (Wildman–Crippen MR) is 60.8 cm³/mol. The van der Waals surface area contributed by atoms with Crippen LogP contribution in [0.3, 0.4) is 0 Å². The number of alkyl halides is 2. The number of para-hydroxylation sites is 1. The Balaban J connectivity index is 1.82. The Morgan fingerprint density at radius 1 is 1.33 bits per heavy atom. The van der Waals surface area contributed by atoms with Crippen LogP contribution in [0, 0.1) is 5.92 Å². The second kappa shape index (κ2) is 3.91. The SMILES string of the molecule is O=C(NNc1ccccc1)[C@H]1CC1(Cl)Cl. The molecule has 1 atom stereocenters. The molecular weight excluding hydrogens is 235 g/mol. The number of hydrazine groups is 1. The number of halogens is 2. The molecule has 1 saturated carbocycles. The molecule has 0 radical (unpaired) electrons. The van der Waals surface area contributed by atoms with Gasteiger partial charge in [-0.05, 0) is 18.6 Å². The highest BCUT2D eigenvalue weighted by Crippen LogP contribution is 2.53. The summed E-state index contributed by atoms with van der Waals surface area (Å²) in [6, 6.07) is 9.35. The van der Waals surface area contributed by atoms with Crippen molar-refractivity contribution in [3.05, 3.63) is 30.3 Å². The van der Waals surface area contributed by atoms with Crippen molar-refractivity contribution in [2.75, 3.05) is 5.43 Å². The second-order valence-electron chi connectivity index (χ2n) is 3.50. The average molecular weight is 245 g/mol. The van der Waals surface area contributed by atoms with E-state index in [1.807, 2.05) is 30.3 Å². The van der Waals surface area contributed by atoms with Crippen molar-refractivity contribution in [2.24, 2.45) is 5.92 Å². The highest BCUT2D eigenvalue weighted by atomic mass is 35.5. The summed E-state index contributed by atoms with van der Waals surface area (Å²) >= 11 is 11.5. The molecule has 15 heavy (non-hydrogen) atoms. The van der Waals surface area contributed by atoms with Crippen LogP contribution in [-0.4, -0.2) is 10.2 Å². The molecule has 0 aliphatic heterocycles. The molecule has 80 valence electrons. The normalized spacial score (nSPS) is 21.9. The van der Waals surface area contributed by atoms with E-state index in [2.05, 4.69) is 10.9 Å². The highest BCUT2D eigenvalue weighted by Gasteiger charge is 2.56. The van der Waals surface area contributed by atoms with Crippen LogP contribution in [0.1, 0.15) is 6.42 Å². The van der Waals surface area contributed by atoms with Crippen LogP contribution in [0.25, 0.3) is 0 Å². The molecule has 5 heteroatoms. The van der Waals surface area contributed by atoms with Gasteiger partial charge in [-0.1, -0.05) is 18.2 Å². The number of amides is 1. The van der Waals surface area contributed by atoms with Crippen LogP contribution in [0.5, 0.6) is 0 Å². The van der Waals surface area contributed by atoms with Gasteiger partial charge in [-0.3, -0.25) is 15.6 Å². The Morgan fingerprint density at radius 2 is 1.93 bits per heavy atom.